The second-order valence-corrected chi connectivity index (χ2v) is 8.19. The summed E-state index contributed by atoms with van der Waals surface area (Å²) < 4.78 is 0. The van der Waals surface area contributed by atoms with Crippen LogP contribution in [0.2, 0.25) is 0 Å². The maximum Gasteiger partial charge on any atom is 0.223 e. The highest BCUT2D eigenvalue weighted by Gasteiger charge is 2.45. The summed E-state index contributed by atoms with van der Waals surface area (Å²) >= 11 is 1.93. The van der Waals surface area contributed by atoms with Gasteiger partial charge in [-0.2, -0.15) is 11.8 Å². The van der Waals surface area contributed by atoms with Crippen LogP contribution in [0.4, 0.5) is 0 Å². The number of rotatable bonds is 6. The summed E-state index contributed by atoms with van der Waals surface area (Å²) in [6.45, 7) is 10.9. The number of carbonyl (C=O) groups is 1. The smallest absolute Gasteiger partial charge is 0.223 e. The van der Waals surface area contributed by atoms with E-state index in [0.717, 1.165) is 30.8 Å². The highest BCUT2D eigenvalue weighted by Crippen LogP contribution is 2.44. The van der Waals surface area contributed by atoms with Crippen molar-refractivity contribution in [3.63, 3.8) is 0 Å². The highest BCUT2D eigenvalue weighted by molar-refractivity contribution is 7.99. The van der Waals surface area contributed by atoms with Crippen molar-refractivity contribution in [1.82, 2.24) is 5.32 Å². The molecule has 1 aliphatic carbocycles. The SMILES string of the molecule is CCSCCC(C)NC(=O)C1CCC(N)C(C)C1(C)C. The van der Waals surface area contributed by atoms with Gasteiger partial charge < -0.3 is 11.1 Å². The molecule has 0 spiro atoms. The van der Waals surface area contributed by atoms with Gasteiger partial charge in [-0.15, -0.1) is 0 Å². The minimum atomic E-state index is -0.0142. The maximum atomic E-state index is 12.6. The molecule has 0 aromatic carbocycles. The van der Waals surface area contributed by atoms with Gasteiger partial charge in [0.2, 0.25) is 5.91 Å². The second kappa shape index (κ2) is 7.69. The predicted molar refractivity (Wildman–Crippen MR) is 88.9 cm³/mol. The van der Waals surface area contributed by atoms with Gasteiger partial charge in [0.15, 0.2) is 0 Å². The summed E-state index contributed by atoms with van der Waals surface area (Å²) in [6.07, 6.45) is 2.93. The average molecular weight is 301 g/mol. The van der Waals surface area contributed by atoms with Gasteiger partial charge in [-0.3, -0.25) is 4.79 Å². The summed E-state index contributed by atoms with van der Waals surface area (Å²) in [6, 6.07) is 0.496. The Hall–Kier alpha value is -0.220. The lowest BCUT2D eigenvalue weighted by molar-refractivity contribution is -0.133. The minimum absolute atomic E-state index is 0.0142. The van der Waals surface area contributed by atoms with Crippen molar-refractivity contribution < 1.29 is 4.79 Å². The second-order valence-electron chi connectivity index (χ2n) is 6.80. The molecular weight excluding hydrogens is 268 g/mol. The number of amides is 1. The maximum absolute atomic E-state index is 12.6. The summed E-state index contributed by atoms with van der Waals surface area (Å²) in [4.78, 5) is 12.6. The average Bonchev–Trinajstić information content (AvgIpc) is 2.36. The molecule has 20 heavy (non-hydrogen) atoms. The third-order valence-electron chi connectivity index (χ3n) is 5.11. The first kappa shape index (κ1) is 17.8. The van der Waals surface area contributed by atoms with Gasteiger partial charge >= 0.3 is 0 Å². The number of carbonyl (C=O) groups excluding carboxylic acids is 1. The van der Waals surface area contributed by atoms with E-state index in [2.05, 4.69) is 39.9 Å². The zero-order chi connectivity index (χ0) is 15.3. The van der Waals surface area contributed by atoms with Crippen molar-refractivity contribution in [1.29, 1.82) is 0 Å². The van der Waals surface area contributed by atoms with Crippen LogP contribution >= 0.6 is 11.8 Å². The van der Waals surface area contributed by atoms with Crippen molar-refractivity contribution in [3.8, 4) is 0 Å². The van der Waals surface area contributed by atoms with Crippen molar-refractivity contribution in [3.05, 3.63) is 0 Å². The molecule has 3 nitrogen and oxygen atoms in total. The highest BCUT2D eigenvalue weighted by atomic mass is 32.2. The molecule has 3 N–H and O–H groups in total. The molecule has 4 heteroatoms. The molecule has 1 aliphatic rings. The van der Waals surface area contributed by atoms with Crippen LogP contribution in [-0.4, -0.2) is 29.5 Å². The van der Waals surface area contributed by atoms with E-state index in [1.54, 1.807) is 0 Å². The van der Waals surface area contributed by atoms with Gasteiger partial charge in [-0.1, -0.05) is 27.7 Å². The van der Waals surface area contributed by atoms with Crippen molar-refractivity contribution in [2.24, 2.45) is 23.0 Å². The number of hydrogen-bond donors (Lipinski definition) is 2. The van der Waals surface area contributed by atoms with Crippen LogP contribution in [0.1, 0.15) is 53.9 Å². The Labute approximate surface area is 128 Å². The van der Waals surface area contributed by atoms with Gasteiger partial charge in [0.1, 0.15) is 0 Å². The fraction of sp³-hybridized carbons (Fsp3) is 0.938. The molecule has 0 aromatic heterocycles. The Bertz CT molecular complexity index is 320. The van der Waals surface area contributed by atoms with Crippen molar-refractivity contribution in [2.75, 3.05) is 11.5 Å². The van der Waals surface area contributed by atoms with Gasteiger partial charge in [-0.25, -0.2) is 0 Å². The topological polar surface area (TPSA) is 55.1 Å². The van der Waals surface area contributed by atoms with Crippen LogP contribution in [0.25, 0.3) is 0 Å². The van der Waals surface area contributed by atoms with E-state index in [0.29, 0.717) is 5.92 Å². The number of thioether (sulfide) groups is 1. The monoisotopic (exact) mass is 300 g/mol. The standard InChI is InChI=1S/C16H32N2OS/c1-6-20-10-9-11(2)18-15(19)13-7-8-14(17)12(3)16(13,4)5/h11-14H,6-10,17H2,1-5H3,(H,18,19). The van der Waals surface area contributed by atoms with E-state index in [1.807, 2.05) is 11.8 Å². The molecule has 0 aromatic rings. The van der Waals surface area contributed by atoms with Crippen molar-refractivity contribution in [2.45, 2.75) is 66.0 Å². The lowest BCUT2D eigenvalue weighted by Crippen LogP contribution is -2.52. The normalized spacial score (nSPS) is 30.8. The Morgan fingerprint density at radius 3 is 2.70 bits per heavy atom. The van der Waals surface area contributed by atoms with Gasteiger partial charge in [0.25, 0.3) is 0 Å². The predicted octanol–water partition coefficient (Wildman–Crippen LogP) is 3.03. The Morgan fingerprint density at radius 1 is 1.45 bits per heavy atom. The van der Waals surface area contributed by atoms with Gasteiger partial charge in [-0.05, 0) is 49.0 Å². The van der Waals surface area contributed by atoms with Crippen LogP contribution in [0.5, 0.6) is 0 Å². The molecule has 1 saturated carbocycles. The van der Waals surface area contributed by atoms with Gasteiger partial charge in [0.05, 0.1) is 0 Å². The zero-order valence-electron chi connectivity index (χ0n) is 13.7. The molecule has 0 radical (unpaired) electrons. The summed E-state index contributed by atoms with van der Waals surface area (Å²) in [7, 11) is 0. The minimum Gasteiger partial charge on any atom is -0.353 e. The number of nitrogens with one attached hydrogen (secondary N) is 1. The van der Waals surface area contributed by atoms with E-state index < -0.39 is 0 Å². The van der Waals surface area contributed by atoms with Crippen LogP contribution < -0.4 is 11.1 Å². The molecule has 0 bridgehead atoms. The van der Waals surface area contributed by atoms with Crippen molar-refractivity contribution >= 4 is 17.7 Å². The first-order valence-electron chi connectivity index (χ1n) is 7.94. The Morgan fingerprint density at radius 2 is 2.10 bits per heavy atom. The zero-order valence-corrected chi connectivity index (χ0v) is 14.6. The van der Waals surface area contributed by atoms with E-state index in [9.17, 15) is 4.79 Å². The molecule has 1 amide bonds. The van der Waals surface area contributed by atoms with E-state index >= 15 is 0 Å². The number of nitrogens with two attached hydrogens (primary N) is 1. The molecule has 0 aliphatic heterocycles. The fourth-order valence-corrected chi connectivity index (χ4v) is 3.95. The summed E-state index contributed by atoms with van der Waals surface area (Å²) in [5.41, 5.74) is 6.15. The quantitative estimate of drug-likeness (QED) is 0.741. The molecular formula is C16H32N2OS. The molecule has 4 unspecified atom stereocenters. The van der Waals surface area contributed by atoms with E-state index in [4.69, 9.17) is 5.73 Å². The molecule has 118 valence electrons. The van der Waals surface area contributed by atoms with Gasteiger partial charge in [0, 0.05) is 18.0 Å². The van der Waals surface area contributed by atoms with Crippen LogP contribution in [0.3, 0.4) is 0 Å². The first-order chi connectivity index (χ1) is 9.30. The fourth-order valence-electron chi connectivity index (χ4n) is 3.14. The Kier molecular flexibility index (Phi) is 6.86. The lowest BCUT2D eigenvalue weighted by Gasteiger charge is -2.46. The van der Waals surface area contributed by atoms with E-state index in [-0.39, 0.29) is 29.3 Å². The lowest BCUT2D eigenvalue weighted by atomic mass is 9.61. The Balaban J connectivity index is 2.54. The van der Waals surface area contributed by atoms with Crippen LogP contribution in [-0.2, 0) is 4.79 Å². The van der Waals surface area contributed by atoms with Crippen LogP contribution in [0, 0.1) is 17.3 Å². The molecule has 4 atom stereocenters. The molecule has 0 saturated heterocycles. The first-order valence-corrected chi connectivity index (χ1v) is 9.09. The molecule has 0 heterocycles. The largest absolute Gasteiger partial charge is 0.353 e. The van der Waals surface area contributed by atoms with E-state index in [1.165, 1.54) is 0 Å². The van der Waals surface area contributed by atoms with Crippen LogP contribution in [0.15, 0.2) is 0 Å². The third-order valence-corrected chi connectivity index (χ3v) is 6.04. The third kappa shape index (κ3) is 4.39. The summed E-state index contributed by atoms with van der Waals surface area (Å²) in [5, 5.41) is 3.21. The summed E-state index contributed by atoms with van der Waals surface area (Å²) in [5.74, 6) is 2.97. The number of hydrogen-bond acceptors (Lipinski definition) is 3. The molecule has 1 rings (SSSR count). The molecule has 1 fully saturated rings.